The summed E-state index contributed by atoms with van der Waals surface area (Å²) in [5, 5.41) is 16.5. The van der Waals surface area contributed by atoms with Crippen LogP contribution in [0.25, 0.3) is 11.3 Å². The highest BCUT2D eigenvalue weighted by Gasteiger charge is 2.23. The summed E-state index contributed by atoms with van der Waals surface area (Å²) in [5.41, 5.74) is 3.57. The second-order valence-corrected chi connectivity index (χ2v) is 11.6. The quantitative estimate of drug-likeness (QED) is 0.365. The van der Waals surface area contributed by atoms with Crippen LogP contribution in [0.4, 0.5) is 5.95 Å². The van der Waals surface area contributed by atoms with Crippen molar-refractivity contribution < 1.29 is 13.5 Å². The first-order valence-corrected chi connectivity index (χ1v) is 14.3. The van der Waals surface area contributed by atoms with E-state index < -0.39 is 10.0 Å². The van der Waals surface area contributed by atoms with Crippen LogP contribution in [0.5, 0.6) is 5.75 Å². The first-order chi connectivity index (χ1) is 17.3. The zero-order valence-corrected chi connectivity index (χ0v) is 21.9. The van der Waals surface area contributed by atoms with Crippen molar-refractivity contribution >= 4 is 27.6 Å². The van der Waals surface area contributed by atoms with E-state index in [1.165, 1.54) is 6.26 Å². The Kier molecular flexibility index (Phi) is 8.79. The summed E-state index contributed by atoms with van der Waals surface area (Å²) in [6, 6.07) is 14.8. The Labute approximate surface area is 217 Å². The van der Waals surface area contributed by atoms with E-state index in [1.807, 2.05) is 36.4 Å². The molecule has 3 aromatic rings. The van der Waals surface area contributed by atoms with E-state index in [2.05, 4.69) is 20.6 Å². The smallest absolute Gasteiger partial charge is 0.223 e. The largest absolute Gasteiger partial charge is 0.506 e. The molecule has 36 heavy (non-hydrogen) atoms. The molecule has 1 aromatic heterocycles. The third-order valence-electron chi connectivity index (χ3n) is 6.34. The third-order valence-corrected chi connectivity index (χ3v) is 7.85. The number of aromatic nitrogens is 2. The maximum absolute atomic E-state index is 12.5. The van der Waals surface area contributed by atoms with Gasteiger partial charge in [-0.15, -0.1) is 0 Å². The highest BCUT2D eigenvalue weighted by Crippen LogP contribution is 2.24. The van der Waals surface area contributed by atoms with Gasteiger partial charge in [-0.1, -0.05) is 35.9 Å². The van der Waals surface area contributed by atoms with E-state index in [4.69, 9.17) is 11.6 Å². The predicted octanol–water partition coefficient (Wildman–Crippen LogP) is 3.92. The Morgan fingerprint density at radius 3 is 2.69 bits per heavy atom. The van der Waals surface area contributed by atoms with E-state index in [9.17, 15) is 13.5 Å². The van der Waals surface area contributed by atoms with Crippen LogP contribution in [0.1, 0.15) is 24.0 Å². The fourth-order valence-corrected chi connectivity index (χ4v) is 5.40. The summed E-state index contributed by atoms with van der Waals surface area (Å²) >= 11 is 5.98. The number of halogens is 1. The number of benzene rings is 2. The molecule has 0 aliphatic carbocycles. The lowest BCUT2D eigenvalue weighted by Crippen LogP contribution is -2.38. The average Bonchev–Trinajstić information content (AvgIpc) is 2.86. The lowest BCUT2D eigenvalue weighted by Gasteiger charge is -2.28. The Bertz CT molecular complexity index is 1280. The summed E-state index contributed by atoms with van der Waals surface area (Å²) in [7, 11) is -3.33. The molecule has 0 amide bonds. The van der Waals surface area contributed by atoms with Crippen molar-refractivity contribution in [1.29, 1.82) is 0 Å². The van der Waals surface area contributed by atoms with Gasteiger partial charge in [0.15, 0.2) is 0 Å². The van der Waals surface area contributed by atoms with Gasteiger partial charge in [-0.2, -0.15) is 4.31 Å². The van der Waals surface area contributed by atoms with Gasteiger partial charge >= 0.3 is 0 Å². The molecule has 10 heteroatoms. The number of rotatable bonds is 10. The lowest BCUT2D eigenvalue weighted by atomic mass is 9.98. The maximum Gasteiger partial charge on any atom is 0.223 e. The van der Waals surface area contributed by atoms with Crippen molar-refractivity contribution in [1.82, 2.24) is 19.6 Å². The first kappa shape index (κ1) is 26.3. The summed E-state index contributed by atoms with van der Waals surface area (Å²) in [4.78, 5) is 8.96. The van der Waals surface area contributed by atoms with Crippen LogP contribution in [0.3, 0.4) is 0 Å². The first-order valence-electron chi connectivity index (χ1n) is 12.1. The van der Waals surface area contributed by atoms with Gasteiger partial charge in [-0.25, -0.2) is 18.4 Å². The molecule has 2 heterocycles. The number of phenolic OH excluding ortho intramolecular Hbond substituents is 1. The third kappa shape index (κ3) is 7.39. The van der Waals surface area contributed by atoms with Crippen LogP contribution in [0, 0.1) is 5.92 Å². The number of nitrogens with one attached hydrogen (secondary N) is 2. The van der Waals surface area contributed by atoms with Gasteiger partial charge in [-0.05, 0) is 73.7 Å². The van der Waals surface area contributed by atoms with Gasteiger partial charge in [0.05, 0.1) is 17.0 Å². The fraction of sp³-hybridized carbons (Fsp3) is 0.385. The molecule has 8 nitrogen and oxygen atoms in total. The van der Waals surface area contributed by atoms with Crippen LogP contribution < -0.4 is 10.6 Å². The number of anilines is 1. The van der Waals surface area contributed by atoms with Crippen molar-refractivity contribution in [2.45, 2.75) is 25.8 Å². The highest BCUT2D eigenvalue weighted by molar-refractivity contribution is 7.88. The van der Waals surface area contributed by atoms with E-state index in [1.54, 1.807) is 22.6 Å². The van der Waals surface area contributed by atoms with E-state index in [-0.39, 0.29) is 5.75 Å². The lowest BCUT2D eigenvalue weighted by molar-refractivity contribution is 0.285. The summed E-state index contributed by atoms with van der Waals surface area (Å²) in [6.45, 7) is 3.35. The van der Waals surface area contributed by atoms with Crippen LogP contribution >= 0.6 is 11.6 Å². The molecule has 0 atom stereocenters. The molecule has 0 unspecified atom stereocenters. The molecule has 4 rings (SSSR count). The molecular weight excluding hydrogens is 498 g/mol. The number of hydrogen-bond acceptors (Lipinski definition) is 7. The van der Waals surface area contributed by atoms with Crippen LogP contribution in [0.15, 0.2) is 54.7 Å². The topological polar surface area (TPSA) is 107 Å². The molecule has 3 N–H and O–H groups in total. The number of aromatic hydroxyl groups is 1. The van der Waals surface area contributed by atoms with E-state index in [0.29, 0.717) is 42.9 Å². The molecule has 1 fully saturated rings. The molecule has 0 spiro atoms. The number of phenols is 1. The van der Waals surface area contributed by atoms with Crippen molar-refractivity contribution in [3.05, 3.63) is 70.9 Å². The molecule has 192 valence electrons. The summed E-state index contributed by atoms with van der Waals surface area (Å²) in [6.07, 6.45) is 5.66. The zero-order valence-electron chi connectivity index (χ0n) is 20.3. The van der Waals surface area contributed by atoms with Crippen molar-refractivity contribution in [2.75, 3.05) is 37.8 Å². The Morgan fingerprint density at radius 2 is 1.94 bits per heavy atom. The van der Waals surface area contributed by atoms with Gasteiger partial charge in [0, 0.05) is 31.4 Å². The minimum atomic E-state index is -3.33. The molecule has 1 saturated heterocycles. The number of nitrogens with zero attached hydrogens (tertiary/aromatic N) is 3. The van der Waals surface area contributed by atoms with Crippen molar-refractivity contribution in [3.8, 4) is 17.0 Å². The van der Waals surface area contributed by atoms with Crippen LogP contribution in [0.2, 0.25) is 5.02 Å². The van der Waals surface area contributed by atoms with Gasteiger partial charge in [-0.3, -0.25) is 0 Å². The molecule has 1 aliphatic rings. The fourth-order valence-electron chi connectivity index (χ4n) is 4.33. The predicted molar refractivity (Wildman–Crippen MR) is 144 cm³/mol. The zero-order chi connectivity index (χ0) is 25.5. The Morgan fingerprint density at radius 1 is 1.14 bits per heavy atom. The average molecular weight is 530 g/mol. The normalized spacial score (nSPS) is 14.8. The van der Waals surface area contributed by atoms with Crippen LogP contribution in [-0.2, 0) is 23.0 Å². The summed E-state index contributed by atoms with van der Waals surface area (Å²) in [5.74, 6) is 0.946. The second-order valence-electron chi connectivity index (χ2n) is 9.18. The molecule has 0 radical (unpaired) electrons. The standard InChI is InChI=1S/C26H32ClN5O3S/c1-36(34,35)32(17-20-7-11-28-12-8-20)18-21-3-2-4-22(15-21)24-10-14-30-26(31-24)29-13-9-19-5-6-25(33)23(27)16-19/h2-6,10,14-16,20,28,33H,7-9,11-13,17-18H2,1H3,(H,29,30,31). The van der Waals surface area contributed by atoms with E-state index >= 15 is 0 Å². The number of sulfonamides is 1. The molecule has 0 bridgehead atoms. The highest BCUT2D eigenvalue weighted by atomic mass is 35.5. The molecular formula is C26H32ClN5O3S. The van der Waals surface area contributed by atoms with Gasteiger partial charge in [0.25, 0.3) is 0 Å². The second kappa shape index (κ2) is 12.0. The SMILES string of the molecule is CS(=O)(=O)N(Cc1cccc(-c2ccnc(NCCc3ccc(O)c(Cl)c3)n2)c1)CC1CCNCC1. The van der Waals surface area contributed by atoms with Gasteiger partial charge in [0.2, 0.25) is 16.0 Å². The molecule has 0 saturated carbocycles. The van der Waals surface area contributed by atoms with Gasteiger partial charge < -0.3 is 15.7 Å². The minimum Gasteiger partial charge on any atom is -0.506 e. The number of piperidine rings is 1. The van der Waals surface area contributed by atoms with E-state index in [0.717, 1.165) is 48.3 Å². The van der Waals surface area contributed by atoms with Gasteiger partial charge in [0.1, 0.15) is 5.75 Å². The molecule has 1 aliphatic heterocycles. The van der Waals surface area contributed by atoms with Crippen molar-refractivity contribution in [3.63, 3.8) is 0 Å². The van der Waals surface area contributed by atoms with Crippen LogP contribution in [-0.4, -0.2) is 60.2 Å². The maximum atomic E-state index is 12.5. The monoisotopic (exact) mass is 529 g/mol. The molecule has 2 aromatic carbocycles. The summed E-state index contributed by atoms with van der Waals surface area (Å²) < 4.78 is 26.6. The Hall–Kier alpha value is -2.72. The Balaban J connectivity index is 1.42. The number of hydrogen-bond donors (Lipinski definition) is 3. The van der Waals surface area contributed by atoms with Crippen molar-refractivity contribution in [2.24, 2.45) is 5.92 Å². The minimum absolute atomic E-state index is 0.0672.